The summed E-state index contributed by atoms with van der Waals surface area (Å²) in [6, 6.07) is 6.08. The van der Waals surface area contributed by atoms with E-state index in [1.165, 1.54) is 75.5 Å². The molecule has 1 aliphatic heterocycles. The van der Waals surface area contributed by atoms with Gasteiger partial charge in [0.15, 0.2) is 12.4 Å². The molecule has 2 atom stereocenters. The third-order valence-corrected chi connectivity index (χ3v) is 8.13. The van der Waals surface area contributed by atoms with E-state index in [4.69, 9.17) is 4.74 Å². The number of unbranched alkanes of at least 4 members (excludes halogenated alkanes) is 9. The van der Waals surface area contributed by atoms with E-state index in [-0.39, 0.29) is 18.4 Å². The van der Waals surface area contributed by atoms with Crippen LogP contribution in [0.2, 0.25) is 0 Å². The molecule has 0 saturated carbocycles. The molecule has 0 spiro atoms. The summed E-state index contributed by atoms with van der Waals surface area (Å²) in [6.07, 6.45) is 24.4. The fourth-order valence-corrected chi connectivity index (χ4v) is 5.72. The van der Waals surface area contributed by atoms with E-state index in [2.05, 4.69) is 30.8 Å². The number of aryl methyl sites for hydroxylation is 1. The Labute approximate surface area is 213 Å². The van der Waals surface area contributed by atoms with Gasteiger partial charge in [0.05, 0.1) is 0 Å². The number of hydrogen-bond donors (Lipinski definition) is 0. The monoisotopic (exact) mass is 495 g/mol. The summed E-state index contributed by atoms with van der Waals surface area (Å²) in [4.78, 5) is 13.3. The van der Waals surface area contributed by atoms with Crippen LogP contribution in [0.1, 0.15) is 110 Å². The first-order valence-corrected chi connectivity index (χ1v) is 14.1. The van der Waals surface area contributed by atoms with Gasteiger partial charge in [-0.05, 0) is 31.6 Å². The zero-order valence-electron chi connectivity index (χ0n) is 21.0. The number of hydrogen-bond acceptors (Lipinski definition) is 3. The molecular formula is C28H46ClNO2S. The van der Waals surface area contributed by atoms with Crippen molar-refractivity contribution < 1.29 is 26.5 Å². The number of carbonyl (C=O) groups is 1. The molecule has 1 saturated heterocycles. The fourth-order valence-electron chi connectivity index (χ4n) is 4.38. The molecule has 2 heterocycles. The van der Waals surface area contributed by atoms with E-state index in [1.807, 2.05) is 30.0 Å². The Morgan fingerprint density at radius 1 is 1.03 bits per heavy atom. The molecule has 2 rings (SSSR count). The average molecular weight is 496 g/mol. The number of nitrogens with zero attached hydrogens (tertiary/aromatic N) is 1. The van der Waals surface area contributed by atoms with Crippen molar-refractivity contribution in [1.29, 1.82) is 0 Å². The van der Waals surface area contributed by atoms with Gasteiger partial charge in [-0.3, -0.25) is 4.79 Å². The van der Waals surface area contributed by atoms with Crippen LogP contribution in [0.25, 0.3) is 0 Å². The Morgan fingerprint density at radius 3 is 2.39 bits per heavy atom. The highest BCUT2D eigenvalue weighted by atomic mass is 35.5. The van der Waals surface area contributed by atoms with Crippen LogP contribution in [-0.2, 0) is 16.1 Å². The van der Waals surface area contributed by atoms with Crippen molar-refractivity contribution in [1.82, 2.24) is 0 Å². The first-order chi connectivity index (χ1) is 15.7. The van der Waals surface area contributed by atoms with Crippen LogP contribution >= 0.6 is 11.8 Å². The molecule has 1 fully saturated rings. The number of rotatable bonds is 17. The van der Waals surface area contributed by atoms with Gasteiger partial charge >= 0.3 is 5.97 Å². The molecule has 0 N–H and O–H groups in total. The Morgan fingerprint density at radius 2 is 1.70 bits per heavy atom. The number of allylic oxidation sites excluding steroid dienone is 1. The van der Waals surface area contributed by atoms with Crippen molar-refractivity contribution in [3.63, 3.8) is 0 Å². The number of halogens is 1. The first kappa shape index (κ1) is 30.0. The predicted octanol–water partition coefficient (Wildman–Crippen LogP) is 4.99. The summed E-state index contributed by atoms with van der Waals surface area (Å²) in [5.41, 5.74) is 0. The van der Waals surface area contributed by atoms with Crippen molar-refractivity contribution in [2.45, 2.75) is 122 Å². The molecule has 0 radical (unpaired) electrons. The lowest BCUT2D eigenvalue weighted by Gasteiger charge is -2.17. The lowest BCUT2D eigenvalue weighted by Crippen LogP contribution is -3.00. The molecule has 1 aromatic heterocycles. The van der Waals surface area contributed by atoms with Crippen LogP contribution in [0.3, 0.4) is 0 Å². The number of thioether (sulfide) groups is 1. The topological polar surface area (TPSA) is 30.2 Å². The van der Waals surface area contributed by atoms with Crippen LogP contribution in [0.5, 0.6) is 0 Å². The van der Waals surface area contributed by atoms with E-state index in [9.17, 15) is 4.79 Å². The zero-order valence-corrected chi connectivity index (χ0v) is 22.6. The lowest BCUT2D eigenvalue weighted by molar-refractivity contribution is -0.697. The molecule has 0 aromatic carbocycles. The van der Waals surface area contributed by atoms with Gasteiger partial charge in [-0.2, -0.15) is 0 Å². The Bertz CT molecular complexity index is 653. The molecule has 0 amide bonds. The second-order valence-electron chi connectivity index (χ2n) is 9.43. The molecule has 1 aromatic rings. The molecule has 1 aliphatic rings. The van der Waals surface area contributed by atoms with Gasteiger partial charge < -0.3 is 17.1 Å². The summed E-state index contributed by atoms with van der Waals surface area (Å²) in [7, 11) is 0. The number of pyridine rings is 1. The molecule has 5 heteroatoms. The quantitative estimate of drug-likeness (QED) is 0.132. The van der Waals surface area contributed by atoms with E-state index < -0.39 is 0 Å². The molecule has 0 aliphatic carbocycles. The van der Waals surface area contributed by atoms with Crippen molar-refractivity contribution >= 4 is 17.7 Å². The van der Waals surface area contributed by atoms with Crippen LogP contribution in [-0.4, -0.2) is 11.2 Å². The predicted molar refractivity (Wildman–Crippen MR) is 136 cm³/mol. The maximum Gasteiger partial charge on any atom is 0.310 e. The van der Waals surface area contributed by atoms with Crippen molar-refractivity contribution in [3.05, 3.63) is 41.8 Å². The summed E-state index contributed by atoms with van der Waals surface area (Å²) < 4.78 is 7.59. The third-order valence-electron chi connectivity index (χ3n) is 6.52. The van der Waals surface area contributed by atoms with Crippen LogP contribution in [0.15, 0.2) is 41.8 Å². The van der Waals surface area contributed by atoms with Gasteiger partial charge in [-0.15, -0.1) is 11.8 Å². The summed E-state index contributed by atoms with van der Waals surface area (Å²) in [5.74, 6) is 0.656. The maximum absolute atomic E-state index is 12.0. The molecule has 33 heavy (non-hydrogen) atoms. The number of esters is 1. The van der Waals surface area contributed by atoms with Crippen LogP contribution in [0, 0.1) is 5.92 Å². The highest BCUT2D eigenvalue weighted by Crippen LogP contribution is 2.42. The molecular weight excluding hydrogens is 450 g/mol. The zero-order chi connectivity index (χ0) is 22.9. The highest BCUT2D eigenvalue weighted by Gasteiger charge is 2.25. The lowest BCUT2D eigenvalue weighted by atomic mass is 9.96. The molecule has 0 bridgehead atoms. The standard InChI is InChI=1S/C28H46NO2S.ClH/c1-3-4-5-6-7-8-9-10-12-17-25(2)27-20-19-26(32-27)24-31-28(30)18-13-16-23-29-21-14-11-15-22-29;/h11,14-15,21-22,24-25,27H,3-10,12-13,16-20,23H2,1-2H3;1H/q+1;/p-1. The normalized spacial score (nSPS) is 17.6. The SMILES string of the molecule is CCCCCCCCCCCC(C)C1CCC(=COC(=O)CCCC[n+]2ccccc2)S1.[Cl-]. The van der Waals surface area contributed by atoms with Gasteiger partial charge in [0.25, 0.3) is 0 Å². The number of ether oxygens (including phenoxy) is 1. The van der Waals surface area contributed by atoms with Gasteiger partial charge in [0, 0.05) is 35.1 Å². The Hall–Kier alpha value is -1.000. The second kappa shape index (κ2) is 19.3. The summed E-state index contributed by atoms with van der Waals surface area (Å²) >= 11 is 1.95. The largest absolute Gasteiger partial charge is 1.00 e. The number of aromatic nitrogens is 1. The Balaban J connectivity index is 0.00000544. The van der Waals surface area contributed by atoms with E-state index in [1.54, 1.807) is 6.26 Å². The van der Waals surface area contributed by atoms with E-state index in [0.29, 0.717) is 11.7 Å². The second-order valence-corrected chi connectivity index (χ2v) is 10.8. The maximum atomic E-state index is 12.0. The van der Waals surface area contributed by atoms with Gasteiger partial charge in [-0.1, -0.05) is 77.7 Å². The minimum atomic E-state index is -0.0950. The van der Waals surface area contributed by atoms with E-state index in [0.717, 1.165) is 31.7 Å². The first-order valence-electron chi connectivity index (χ1n) is 13.2. The van der Waals surface area contributed by atoms with Crippen LogP contribution < -0.4 is 17.0 Å². The van der Waals surface area contributed by atoms with Gasteiger partial charge in [-0.25, -0.2) is 4.57 Å². The van der Waals surface area contributed by atoms with Crippen LogP contribution in [0.4, 0.5) is 0 Å². The third kappa shape index (κ3) is 14.1. The van der Waals surface area contributed by atoms with Crippen molar-refractivity contribution in [3.8, 4) is 0 Å². The van der Waals surface area contributed by atoms with Crippen molar-refractivity contribution in [2.75, 3.05) is 0 Å². The molecule has 3 nitrogen and oxygen atoms in total. The molecule has 188 valence electrons. The average Bonchev–Trinajstić information content (AvgIpc) is 3.29. The van der Waals surface area contributed by atoms with Crippen molar-refractivity contribution in [2.24, 2.45) is 5.92 Å². The minimum Gasteiger partial charge on any atom is -1.00 e. The fraction of sp³-hybridized carbons (Fsp3) is 0.714. The van der Waals surface area contributed by atoms with Gasteiger partial charge in [0.1, 0.15) is 12.8 Å². The highest BCUT2D eigenvalue weighted by molar-refractivity contribution is 8.03. The smallest absolute Gasteiger partial charge is 0.310 e. The summed E-state index contributed by atoms with van der Waals surface area (Å²) in [5, 5.41) is 0.692. The Kier molecular flexibility index (Phi) is 17.6. The number of carbonyl (C=O) groups excluding carboxylic acids is 1. The van der Waals surface area contributed by atoms with E-state index >= 15 is 0 Å². The molecule has 2 unspecified atom stereocenters. The summed E-state index contributed by atoms with van der Waals surface area (Å²) in [6.45, 7) is 5.63. The van der Waals surface area contributed by atoms with Gasteiger partial charge in [0.2, 0.25) is 0 Å². The minimum absolute atomic E-state index is 0.